The molecule has 7 heteroatoms. The Kier molecular flexibility index (Phi) is 5.61. The molecule has 0 bridgehead atoms. The van der Waals surface area contributed by atoms with Crippen molar-refractivity contribution in [3.63, 3.8) is 0 Å². The van der Waals surface area contributed by atoms with E-state index < -0.39 is 6.04 Å². The molecular formula is C23H21F2N3O2. The van der Waals surface area contributed by atoms with Gasteiger partial charge in [-0.2, -0.15) is 0 Å². The Balaban J connectivity index is 1.56. The van der Waals surface area contributed by atoms with Gasteiger partial charge in [0.15, 0.2) is 0 Å². The molecule has 1 aromatic heterocycles. The number of aromatic amines is 1. The second-order valence-electron chi connectivity index (χ2n) is 7.30. The van der Waals surface area contributed by atoms with Crippen molar-refractivity contribution in [2.75, 3.05) is 6.54 Å². The highest BCUT2D eigenvalue weighted by atomic mass is 19.1. The molecule has 0 saturated carbocycles. The summed E-state index contributed by atoms with van der Waals surface area (Å²) in [6.45, 7) is 0.567. The maximum atomic E-state index is 13.4. The summed E-state index contributed by atoms with van der Waals surface area (Å²) >= 11 is 0. The standard InChI is InChI=1S/C23H21F2N3O2/c24-17-6-1-14(2-7-17)20-13-16(22(28-20)15-3-8-18(25)9-4-15)5-10-21(29)27-19-11-12-26-23(19)30/h1-4,6-9,13,19,28H,5,10-12H2,(H,26,30)(H,27,29)/t19-/m1/s1. The molecule has 3 aromatic rings. The zero-order valence-electron chi connectivity index (χ0n) is 16.2. The lowest BCUT2D eigenvalue weighted by atomic mass is 10.0. The molecule has 154 valence electrons. The van der Waals surface area contributed by atoms with Crippen LogP contribution in [-0.4, -0.2) is 29.4 Å². The maximum Gasteiger partial charge on any atom is 0.242 e. The van der Waals surface area contributed by atoms with Gasteiger partial charge >= 0.3 is 0 Å². The van der Waals surface area contributed by atoms with Crippen LogP contribution >= 0.6 is 0 Å². The van der Waals surface area contributed by atoms with E-state index in [4.69, 9.17) is 0 Å². The molecule has 0 aliphatic carbocycles. The number of amides is 2. The molecule has 2 amide bonds. The Morgan fingerprint density at radius 1 is 1.00 bits per heavy atom. The molecule has 30 heavy (non-hydrogen) atoms. The van der Waals surface area contributed by atoms with Crippen LogP contribution in [0.5, 0.6) is 0 Å². The fraction of sp³-hybridized carbons (Fsp3) is 0.217. The van der Waals surface area contributed by atoms with E-state index in [2.05, 4.69) is 15.6 Å². The summed E-state index contributed by atoms with van der Waals surface area (Å²) in [6.07, 6.45) is 1.23. The molecule has 0 radical (unpaired) electrons. The molecule has 1 atom stereocenters. The van der Waals surface area contributed by atoms with Gasteiger partial charge in [0.2, 0.25) is 11.8 Å². The molecule has 2 aromatic carbocycles. The fourth-order valence-electron chi connectivity index (χ4n) is 3.60. The Morgan fingerprint density at radius 3 is 2.23 bits per heavy atom. The van der Waals surface area contributed by atoms with Crippen molar-refractivity contribution in [3.8, 4) is 22.5 Å². The minimum Gasteiger partial charge on any atom is -0.354 e. The topological polar surface area (TPSA) is 74.0 Å². The highest BCUT2D eigenvalue weighted by molar-refractivity contribution is 5.89. The van der Waals surface area contributed by atoms with Crippen molar-refractivity contribution in [3.05, 3.63) is 71.8 Å². The molecule has 2 heterocycles. The molecule has 1 aliphatic heterocycles. The number of nitrogens with one attached hydrogen (secondary N) is 3. The first-order valence-electron chi connectivity index (χ1n) is 9.80. The van der Waals surface area contributed by atoms with Crippen LogP contribution in [0.3, 0.4) is 0 Å². The number of hydrogen-bond donors (Lipinski definition) is 3. The SMILES string of the molecule is O=C(CCc1cc(-c2ccc(F)cc2)[nH]c1-c1ccc(F)cc1)N[C@@H]1CCNC1=O. The van der Waals surface area contributed by atoms with Crippen molar-refractivity contribution in [2.24, 2.45) is 0 Å². The molecule has 0 unspecified atom stereocenters. The van der Waals surface area contributed by atoms with Gasteiger partial charge in [-0.05, 0) is 84.1 Å². The third kappa shape index (κ3) is 4.40. The van der Waals surface area contributed by atoms with Crippen LogP contribution in [0.25, 0.3) is 22.5 Å². The summed E-state index contributed by atoms with van der Waals surface area (Å²) in [7, 11) is 0. The lowest BCUT2D eigenvalue weighted by molar-refractivity contribution is -0.127. The highest BCUT2D eigenvalue weighted by Gasteiger charge is 2.25. The first kappa shape index (κ1) is 19.8. The quantitative estimate of drug-likeness (QED) is 0.582. The smallest absolute Gasteiger partial charge is 0.242 e. The predicted octanol–water partition coefficient (Wildman–Crippen LogP) is 3.56. The number of carbonyl (C=O) groups is 2. The Bertz CT molecular complexity index is 1060. The zero-order chi connectivity index (χ0) is 21.1. The average molecular weight is 409 g/mol. The molecular weight excluding hydrogens is 388 g/mol. The number of rotatable bonds is 6. The number of hydrogen-bond acceptors (Lipinski definition) is 2. The van der Waals surface area contributed by atoms with Crippen molar-refractivity contribution in [1.29, 1.82) is 0 Å². The second-order valence-corrected chi connectivity index (χ2v) is 7.30. The van der Waals surface area contributed by atoms with Crippen molar-refractivity contribution in [2.45, 2.75) is 25.3 Å². The van der Waals surface area contributed by atoms with Crippen molar-refractivity contribution in [1.82, 2.24) is 15.6 Å². The number of benzene rings is 2. The van der Waals surface area contributed by atoms with Gasteiger partial charge in [-0.15, -0.1) is 0 Å². The first-order valence-corrected chi connectivity index (χ1v) is 9.80. The van der Waals surface area contributed by atoms with Gasteiger partial charge in [0.05, 0.1) is 0 Å². The Labute approximate surface area is 172 Å². The van der Waals surface area contributed by atoms with Crippen LogP contribution < -0.4 is 10.6 Å². The summed E-state index contributed by atoms with van der Waals surface area (Å²) < 4.78 is 26.6. The van der Waals surface area contributed by atoms with Crippen LogP contribution in [0, 0.1) is 11.6 Å². The summed E-state index contributed by atoms with van der Waals surface area (Å²) in [5, 5.41) is 5.45. The van der Waals surface area contributed by atoms with Crippen LogP contribution in [0.2, 0.25) is 0 Å². The predicted molar refractivity (Wildman–Crippen MR) is 109 cm³/mol. The third-order valence-electron chi connectivity index (χ3n) is 5.19. The van der Waals surface area contributed by atoms with Crippen LogP contribution in [0.1, 0.15) is 18.4 Å². The molecule has 1 fully saturated rings. The molecule has 0 spiro atoms. The van der Waals surface area contributed by atoms with Gasteiger partial charge in [-0.1, -0.05) is 0 Å². The molecule has 3 N–H and O–H groups in total. The lowest BCUT2D eigenvalue weighted by Gasteiger charge is -2.10. The first-order chi connectivity index (χ1) is 14.5. The fourth-order valence-corrected chi connectivity index (χ4v) is 3.60. The van der Waals surface area contributed by atoms with E-state index in [0.717, 1.165) is 28.1 Å². The molecule has 1 saturated heterocycles. The van der Waals surface area contributed by atoms with E-state index >= 15 is 0 Å². The average Bonchev–Trinajstić information content (AvgIpc) is 3.34. The summed E-state index contributed by atoms with van der Waals surface area (Å²) in [5.41, 5.74) is 4.03. The third-order valence-corrected chi connectivity index (χ3v) is 5.19. The van der Waals surface area contributed by atoms with Crippen LogP contribution in [0.4, 0.5) is 8.78 Å². The van der Waals surface area contributed by atoms with Gasteiger partial charge in [0, 0.05) is 24.4 Å². The number of carbonyl (C=O) groups excluding carboxylic acids is 2. The Morgan fingerprint density at radius 2 is 1.63 bits per heavy atom. The van der Waals surface area contributed by atoms with Crippen LogP contribution in [0.15, 0.2) is 54.6 Å². The lowest BCUT2D eigenvalue weighted by Crippen LogP contribution is -2.40. The van der Waals surface area contributed by atoms with E-state index in [1.165, 1.54) is 24.3 Å². The minimum atomic E-state index is -0.477. The number of aryl methyl sites for hydroxylation is 1. The van der Waals surface area contributed by atoms with Crippen molar-refractivity contribution >= 4 is 11.8 Å². The van der Waals surface area contributed by atoms with E-state index in [0.29, 0.717) is 19.4 Å². The van der Waals surface area contributed by atoms with Gasteiger partial charge in [0.1, 0.15) is 17.7 Å². The van der Waals surface area contributed by atoms with Gasteiger partial charge in [-0.3, -0.25) is 9.59 Å². The Hall–Kier alpha value is -3.48. The largest absolute Gasteiger partial charge is 0.354 e. The molecule has 4 rings (SSSR count). The van der Waals surface area contributed by atoms with Crippen LogP contribution in [-0.2, 0) is 16.0 Å². The summed E-state index contributed by atoms with van der Waals surface area (Å²) in [4.78, 5) is 27.3. The second kappa shape index (κ2) is 8.49. The van der Waals surface area contributed by atoms with Gasteiger partial charge < -0.3 is 15.6 Å². The summed E-state index contributed by atoms with van der Waals surface area (Å²) in [6, 6.07) is 13.6. The molecule has 1 aliphatic rings. The number of aromatic nitrogens is 1. The molecule has 5 nitrogen and oxygen atoms in total. The highest BCUT2D eigenvalue weighted by Crippen LogP contribution is 2.30. The maximum absolute atomic E-state index is 13.4. The van der Waals surface area contributed by atoms with E-state index in [-0.39, 0.29) is 29.9 Å². The van der Waals surface area contributed by atoms with Gasteiger partial charge in [0.25, 0.3) is 0 Å². The van der Waals surface area contributed by atoms with E-state index in [1.807, 2.05) is 6.07 Å². The van der Waals surface area contributed by atoms with E-state index in [9.17, 15) is 18.4 Å². The number of halogens is 2. The van der Waals surface area contributed by atoms with Gasteiger partial charge in [-0.25, -0.2) is 8.78 Å². The number of H-pyrrole nitrogens is 1. The monoisotopic (exact) mass is 409 g/mol. The summed E-state index contributed by atoms with van der Waals surface area (Å²) in [5.74, 6) is -1.01. The minimum absolute atomic E-state index is 0.157. The van der Waals surface area contributed by atoms with Crippen molar-refractivity contribution < 1.29 is 18.4 Å². The zero-order valence-corrected chi connectivity index (χ0v) is 16.2. The normalized spacial score (nSPS) is 15.8. The van der Waals surface area contributed by atoms with E-state index in [1.54, 1.807) is 24.3 Å².